The topological polar surface area (TPSA) is 71.3 Å². The third kappa shape index (κ3) is 4.18. The average Bonchev–Trinajstić information content (AvgIpc) is 3.09. The molecule has 0 saturated heterocycles. The second-order valence-corrected chi connectivity index (χ2v) is 5.31. The van der Waals surface area contributed by atoms with Crippen molar-refractivity contribution in [2.24, 2.45) is 0 Å². The maximum absolute atomic E-state index is 13.9. The molecule has 1 aromatic heterocycles. The lowest BCUT2D eigenvalue weighted by atomic mass is 10.0. The van der Waals surface area contributed by atoms with E-state index in [0.717, 1.165) is 18.2 Å². The third-order valence-electron chi connectivity index (χ3n) is 3.54. The van der Waals surface area contributed by atoms with Gasteiger partial charge in [0.1, 0.15) is 17.7 Å². The van der Waals surface area contributed by atoms with Gasteiger partial charge in [0, 0.05) is 5.56 Å². The average molecular weight is 336 g/mol. The van der Waals surface area contributed by atoms with E-state index >= 15 is 0 Å². The fourth-order valence-corrected chi connectivity index (χ4v) is 2.22. The smallest absolute Gasteiger partial charge is 0.287 e. The Morgan fingerprint density at radius 3 is 2.58 bits per heavy atom. The summed E-state index contributed by atoms with van der Waals surface area (Å²) < 4.78 is 32.1. The largest absolute Gasteiger partial charge is 0.459 e. The summed E-state index contributed by atoms with van der Waals surface area (Å²) in [7, 11) is 0. The quantitative estimate of drug-likeness (QED) is 0.852. The zero-order valence-electron chi connectivity index (χ0n) is 13.3. The number of carbonyl (C=O) groups excluding carboxylic acids is 2. The molecule has 0 fully saturated rings. The summed E-state index contributed by atoms with van der Waals surface area (Å²) in [5.41, 5.74) is 0.0652. The van der Waals surface area contributed by atoms with E-state index in [4.69, 9.17) is 4.42 Å². The molecule has 0 unspecified atom stereocenters. The molecule has 2 N–H and O–H groups in total. The van der Waals surface area contributed by atoms with Crippen molar-refractivity contribution in [1.29, 1.82) is 0 Å². The highest BCUT2D eigenvalue weighted by molar-refractivity contribution is 5.95. The Balaban J connectivity index is 2.03. The Hall–Kier alpha value is -2.70. The molecule has 2 amide bonds. The summed E-state index contributed by atoms with van der Waals surface area (Å²) in [6.45, 7) is 3.23. The number of hydrogen-bond acceptors (Lipinski definition) is 3. The fraction of sp³-hybridized carbons (Fsp3) is 0.294. The van der Waals surface area contributed by atoms with E-state index < -0.39 is 35.5 Å². The Morgan fingerprint density at radius 1 is 1.21 bits per heavy atom. The van der Waals surface area contributed by atoms with E-state index in [1.54, 1.807) is 13.0 Å². The molecule has 0 saturated carbocycles. The van der Waals surface area contributed by atoms with Crippen molar-refractivity contribution in [3.8, 4) is 0 Å². The number of amides is 2. The Labute approximate surface area is 138 Å². The van der Waals surface area contributed by atoms with Crippen LogP contribution in [0.25, 0.3) is 0 Å². The van der Waals surface area contributed by atoms with Gasteiger partial charge >= 0.3 is 0 Å². The summed E-state index contributed by atoms with van der Waals surface area (Å²) in [6.07, 6.45) is 1.71. The first-order chi connectivity index (χ1) is 11.4. The van der Waals surface area contributed by atoms with Crippen LogP contribution in [0.4, 0.5) is 8.78 Å². The number of halogens is 2. The molecule has 0 aliphatic heterocycles. The lowest BCUT2D eigenvalue weighted by molar-refractivity contribution is -0.123. The first kappa shape index (κ1) is 17.7. The molecule has 0 aliphatic carbocycles. The predicted octanol–water partition coefficient (Wildman–Crippen LogP) is 2.94. The van der Waals surface area contributed by atoms with Gasteiger partial charge in [-0.05, 0) is 43.7 Å². The molecule has 2 rings (SSSR count). The van der Waals surface area contributed by atoms with Gasteiger partial charge in [0.05, 0.1) is 12.3 Å². The number of rotatable bonds is 6. The first-order valence-corrected chi connectivity index (χ1v) is 7.52. The molecule has 1 aromatic carbocycles. The molecular weight excluding hydrogens is 318 g/mol. The first-order valence-electron chi connectivity index (χ1n) is 7.52. The Morgan fingerprint density at radius 2 is 1.96 bits per heavy atom. The van der Waals surface area contributed by atoms with Crippen molar-refractivity contribution in [3.63, 3.8) is 0 Å². The van der Waals surface area contributed by atoms with E-state index in [9.17, 15) is 18.4 Å². The van der Waals surface area contributed by atoms with Gasteiger partial charge in [0.25, 0.3) is 5.91 Å². The van der Waals surface area contributed by atoms with E-state index in [0.29, 0.717) is 6.42 Å². The van der Waals surface area contributed by atoms with E-state index in [1.165, 1.54) is 19.3 Å². The van der Waals surface area contributed by atoms with Crippen molar-refractivity contribution >= 4 is 11.8 Å². The lowest BCUT2D eigenvalue weighted by Crippen LogP contribution is -2.45. The molecule has 0 bridgehead atoms. The maximum Gasteiger partial charge on any atom is 0.287 e. The van der Waals surface area contributed by atoms with E-state index in [-0.39, 0.29) is 11.3 Å². The van der Waals surface area contributed by atoms with Gasteiger partial charge in [-0.15, -0.1) is 0 Å². The van der Waals surface area contributed by atoms with Crippen LogP contribution in [-0.2, 0) is 4.79 Å². The van der Waals surface area contributed by atoms with Crippen molar-refractivity contribution in [2.75, 3.05) is 0 Å². The standard InChI is InChI=1S/C17H18F2N2O3/c1-3-14(12-9-11(18)6-7-13(12)19)21-16(22)10(2)20-17(23)15-5-4-8-24-15/h4-10,14H,3H2,1-2H3,(H,20,23)(H,21,22)/t10-,14-/m1/s1. The zero-order chi connectivity index (χ0) is 17.7. The molecule has 2 aromatic rings. The van der Waals surface area contributed by atoms with Crippen LogP contribution in [0.3, 0.4) is 0 Å². The van der Waals surface area contributed by atoms with Crippen molar-refractivity contribution in [1.82, 2.24) is 10.6 Å². The van der Waals surface area contributed by atoms with Crippen molar-refractivity contribution in [3.05, 3.63) is 59.6 Å². The summed E-state index contributed by atoms with van der Waals surface area (Å²) in [5.74, 6) is -2.15. The molecular formula is C17H18F2N2O3. The second kappa shape index (κ2) is 7.72. The van der Waals surface area contributed by atoms with E-state index in [2.05, 4.69) is 10.6 Å². The van der Waals surface area contributed by atoms with Gasteiger partial charge < -0.3 is 15.1 Å². The fourth-order valence-electron chi connectivity index (χ4n) is 2.22. The van der Waals surface area contributed by atoms with E-state index in [1.807, 2.05) is 0 Å². The molecule has 0 radical (unpaired) electrons. The van der Waals surface area contributed by atoms with Gasteiger partial charge in [-0.1, -0.05) is 6.92 Å². The summed E-state index contributed by atoms with van der Waals surface area (Å²) in [4.78, 5) is 24.1. The molecule has 128 valence electrons. The highest BCUT2D eigenvalue weighted by Crippen LogP contribution is 2.21. The Bertz CT molecular complexity index is 717. The van der Waals surface area contributed by atoms with Crippen LogP contribution in [0.2, 0.25) is 0 Å². The minimum Gasteiger partial charge on any atom is -0.459 e. The normalized spacial score (nSPS) is 13.2. The SMILES string of the molecule is CC[C@@H](NC(=O)[C@@H](C)NC(=O)c1ccco1)c1cc(F)ccc1F. The van der Waals surface area contributed by atoms with Gasteiger partial charge in [0.2, 0.25) is 5.91 Å². The van der Waals surface area contributed by atoms with Crippen LogP contribution in [-0.4, -0.2) is 17.9 Å². The number of hydrogen-bond donors (Lipinski definition) is 2. The van der Waals surface area contributed by atoms with Crippen LogP contribution in [0.5, 0.6) is 0 Å². The van der Waals surface area contributed by atoms with Gasteiger partial charge in [-0.25, -0.2) is 8.78 Å². The lowest BCUT2D eigenvalue weighted by Gasteiger charge is -2.21. The third-order valence-corrected chi connectivity index (χ3v) is 3.54. The minimum atomic E-state index is -0.867. The zero-order valence-corrected chi connectivity index (χ0v) is 13.3. The maximum atomic E-state index is 13.9. The molecule has 5 nitrogen and oxygen atoms in total. The number of nitrogens with one attached hydrogen (secondary N) is 2. The van der Waals surface area contributed by atoms with Crippen LogP contribution >= 0.6 is 0 Å². The predicted molar refractivity (Wildman–Crippen MR) is 83.2 cm³/mol. The summed E-state index contributed by atoms with van der Waals surface area (Å²) in [5, 5.41) is 5.09. The monoisotopic (exact) mass is 336 g/mol. The van der Waals surface area contributed by atoms with Gasteiger partial charge in [-0.2, -0.15) is 0 Å². The number of benzene rings is 1. The number of carbonyl (C=O) groups is 2. The molecule has 7 heteroatoms. The van der Waals surface area contributed by atoms with Crippen molar-refractivity contribution in [2.45, 2.75) is 32.4 Å². The summed E-state index contributed by atoms with van der Waals surface area (Å²) in [6, 6.07) is 4.54. The van der Waals surface area contributed by atoms with Crippen LogP contribution in [0.15, 0.2) is 41.0 Å². The van der Waals surface area contributed by atoms with Crippen LogP contribution < -0.4 is 10.6 Å². The number of furan rings is 1. The second-order valence-electron chi connectivity index (χ2n) is 5.31. The van der Waals surface area contributed by atoms with Crippen LogP contribution in [0, 0.1) is 11.6 Å². The minimum absolute atomic E-state index is 0.0652. The highest BCUT2D eigenvalue weighted by atomic mass is 19.1. The Kier molecular flexibility index (Phi) is 5.68. The summed E-state index contributed by atoms with van der Waals surface area (Å²) >= 11 is 0. The highest BCUT2D eigenvalue weighted by Gasteiger charge is 2.22. The van der Waals surface area contributed by atoms with Crippen molar-refractivity contribution < 1.29 is 22.8 Å². The van der Waals surface area contributed by atoms with Gasteiger partial charge in [-0.3, -0.25) is 9.59 Å². The molecule has 0 aliphatic rings. The molecule has 1 heterocycles. The molecule has 2 atom stereocenters. The van der Waals surface area contributed by atoms with Gasteiger partial charge in [0.15, 0.2) is 5.76 Å². The molecule has 24 heavy (non-hydrogen) atoms. The molecule has 0 spiro atoms. The van der Waals surface area contributed by atoms with Crippen LogP contribution in [0.1, 0.15) is 42.4 Å².